The van der Waals surface area contributed by atoms with E-state index in [2.05, 4.69) is 10.6 Å². The summed E-state index contributed by atoms with van der Waals surface area (Å²) in [5.74, 6) is -3.59. The molecule has 0 aliphatic heterocycles. The second-order valence-electron chi connectivity index (χ2n) is 4.10. The summed E-state index contributed by atoms with van der Waals surface area (Å²) >= 11 is 1.41. The second-order valence-corrected chi connectivity index (χ2v) is 5.09. The first-order valence-corrected chi connectivity index (χ1v) is 7.44. The van der Waals surface area contributed by atoms with Gasteiger partial charge >= 0.3 is 11.9 Å². The molecule has 0 saturated carbocycles. The van der Waals surface area contributed by atoms with Gasteiger partial charge in [-0.1, -0.05) is 0 Å². The van der Waals surface area contributed by atoms with E-state index in [1.54, 1.807) is 6.26 Å². The third-order valence-corrected chi connectivity index (χ3v) is 3.09. The summed E-state index contributed by atoms with van der Waals surface area (Å²) in [4.78, 5) is 44.8. The van der Waals surface area contributed by atoms with Crippen LogP contribution in [0.1, 0.15) is 12.8 Å². The van der Waals surface area contributed by atoms with Crippen LogP contribution in [0.4, 0.5) is 0 Å². The molecule has 0 aliphatic carbocycles. The summed E-state index contributed by atoms with van der Waals surface area (Å²) in [6.07, 6.45) is 1.31. The minimum absolute atomic E-state index is 0.187. The third-order valence-electron chi connectivity index (χ3n) is 2.44. The standard InChI is InChI=1S/C11H19N3O6S/c1-21-3-2-6(11(19)20)14-10(18)7(4-9(16)17)13-8(15)5-12/h6-7H,2-5,12H2,1H3,(H,13,15)(H,14,18)(H,16,17)(H,19,20). The lowest BCUT2D eigenvalue weighted by atomic mass is 10.1. The fraction of sp³-hybridized carbons (Fsp3) is 0.636. The van der Waals surface area contributed by atoms with Crippen molar-refractivity contribution in [2.75, 3.05) is 18.6 Å². The average Bonchev–Trinajstić information content (AvgIpc) is 2.41. The molecule has 0 radical (unpaired) electrons. The molecule has 21 heavy (non-hydrogen) atoms. The van der Waals surface area contributed by atoms with Gasteiger partial charge in [0.1, 0.15) is 12.1 Å². The first-order chi connectivity index (χ1) is 9.81. The lowest BCUT2D eigenvalue weighted by molar-refractivity contribution is -0.143. The highest BCUT2D eigenvalue weighted by Gasteiger charge is 2.27. The van der Waals surface area contributed by atoms with E-state index in [1.807, 2.05) is 0 Å². The molecular weight excluding hydrogens is 302 g/mol. The number of carboxylic acids is 2. The van der Waals surface area contributed by atoms with Crippen LogP contribution >= 0.6 is 11.8 Å². The molecule has 2 unspecified atom stereocenters. The van der Waals surface area contributed by atoms with Crippen molar-refractivity contribution in [1.29, 1.82) is 0 Å². The molecule has 0 heterocycles. The van der Waals surface area contributed by atoms with Crippen LogP contribution in [0, 0.1) is 0 Å². The van der Waals surface area contributed by atoms with Gasteiger partial charge in [0.2, 0.25) is 11.8 Å². The molecule has 9 nitrogen and oxygen atoms in total. The van der Waals surface area contributed by atoms with Crippen molar-refractivity contribution < 1.29 is 29.4 Å². The van der Waals surface area contributed by atoms with E-state index in [0.717, 1.165) is 0 Å². The van der Waals surface area contributed by atoms with Crippen LogP contribution in [0.3, 0.4) is 0 Å². The Labute approximate surface area is 125 Å². The van der Waals surface area contributed by atoms with Gasteiger partial charge in [-0.05, 0) is 18.4 Å². The molecule has 0 rings (SSSR count). The lowest BCUT2D eigenvalue weighted by Crippen LogP contribution is -2.53. The maximum absolute atomic E-state index is 11.9. The van der Waals surface area contributed by atoms with Crippen molar-refractivity contribution in [3.8, 4) is 0 Å². The number of nitrogens with one attached hydrogen (secondary N) is 2. The highest BCUT2D eigenvalue weighted by Crippen LogP contribution is 2.02. The predicted molar refractivity (Wildman–Crippen MR) is 75.8 cm³/mol. The van der Waals surface area contributed by atoms with E-state index in [1.165, 1.54) is 11.8 Å². The molecule has 0 bridgehead atoms. The Hall–Kier alpha value is -1.81. The SMILES string of the molecule is CSCCC(NC(=O)C(CC(=O)O)NC(=O)CN)C(=O)O. The molecule has 0 aromatic carbocycles. The predicted octanol–water partition coefficient (Wildman–Crippen LogP) is -1.77. The van der Waals surface area contributed by atoms with Crippen LogP contribution in [0.15, 0.2) is 0 Å². The van der Waals surface area contributed by atoms with E-state index < -0.39 is 48.8 Å². The van der Waals surface area contributed by atoms with E-state index in [4.69, 9.17) is 15.9 Å². The molecule has 6 N–H and O–H groups in total. The summed E-state index contributed by atoms with van der Waals surface area (Å²) in [6.45, 7) is -0.405. The Morgan fingerprint density at radius 3 is 2.19 bits per heavy atom. The fourth-order valence-electron chi connectivity index (χ4n) is 1.40. The molecule has 0 saturated heterocycles. The van der Waals surface area contributed by atoms with E-state index in [0.29, 0.717) is 5.75 Å². The van der Waals surface area contributed by atoms with E-state index in [-0.39, 0.29) is 6.42 Å². The molecule has 120 valence electrons. The molecule has 0 aliphatic rings. The van der Waals surface area contributed by atoms with Gasteiger partial charge in [0.05, 0.1) is 13.0 Å². The second kappa shape index (κ2) is 10.00. The lowest BCUT2D eigenvalue weighted by Gasteiger charge is -2.20. The maximum atomic E-state index is 11.9. The van der Waals surface area contributed by atoms with Gasteiger partial charge in [0.25, 0.3) is 0 Å². The zero-order valence-corrected chi connectivity index (χ0v) is 12.3. The number of rotatable bonds is 10. The van der Waals surface area contributed by atoms with Crippen LogP contribution in [-0.4, -0.2) is 64.6 Å². The van der Waals surface area contributed by atoms with Crippen molar-refractivity contribution in [2.45, 2.75) is 24.9 Å². The molecule has 10 heteroatoms. The minimum Gasteiger partial charge on any atom is -0.481 e. The Bertz CT molecular complexity index is 403. The summed E-state index contributed by atoms with van der Waals surface area (Å²) < 4.78 is 0. The number of carboxylic acid groups (broad SMARTS) is 2. The normalized spacial score (nSPS) is 13.0. The Morgan fingerprint density at radius 1 is 1.14 bits per heavy atom. The summed E-state index contributed by atoms with van der Waals surface area (Å²) in [7, 11) is 0. The van der Waals surface area contributed by atoms with Gasteiger partial charge in [0, 0.05) is 0 Å². The smallest absolute Gasteiger partial charge is 0.326 e. The Kier molecular flexibility index (Phi) is 9.13. The molecule has 0 aromatic heterocycles. The Balaban J connectivity index is 4.79. The van der Waals surface area contributed by atoms with Crippen LogP contribution in [0.5, 0.6) is 0 Å². The van der Waals surface area contributed by atoms with Crippen molar-refractivity contribution in [2.24, 2.45) is 5.73 Å². The van der Waals surface area contributed by atoms with Crippen molar-refractivity contribution in [3.63, 3.8) is 0 Å². The van der Waals surface area contributed by atoms with Gasteiger partial charge in [-0.2, -0.15) is 11.8 Å². The van der Waals surface area contributed by atoms with Crippen LogP contribution in [0.2, 0.25) is 0 Å². The third kappa shape index (κ3) is 8.15. The summed E-state index contributed by atoms with van der Waals surface area (Å²) in [5.41, 5.74) is 5.08. The van der Waals surface area contributed by atoms with Crippen LogP contribution in [0.25, 0.3) is 0 Å². The van der Waals surface area contributed by atoms with Gasteiger partial charge in [-0.25, -0.2) is 4.79 Å². The van der Waals surface area contributed by atoms with E-state index >= 15 is 0 Å². The number of carbonyl (C=O) groups is 4. The largest absolute Gasteiger partial charge is 0.481 e. The topological polar surface area (TPSA) is 159 Å². The van der Waals surface area contributed by atoms with Crippen LogP contribution in [-0.2, 0) is 19.2 Å². The number of hydrogen-bond acceptors (Lipinski definition) is 6. The maximum Gasteiger partial charge on any atom is 0.326 e. The monoisotopic (exact) mass is 321 g/mol. The molecule has 0 fully saturated rings. The van der Waals surface area contributed by atoms with Gasteiger partial charge < -0.3 is 26.6 Å². The minimum atomic E-state index is -1.37. The average molecular weight is 321 g/mol. The molecule has 0 spiro atoms. The van der Waals surface area contributed by atoms with Crippen LogP contribution < -0.4 is 16.4 Å². The van der Waals surface area contributed by atoms with Crippen molar-refractivity contribution in [3.05, 3.63) is 0 Å². The molecule has 2 amide bonds. The molecule has 2 atom stereocenters. The Morgan fingerprint density at radius 2 is 1.76 bits per heavy atom. The number of thioether (sulfide) groups is 1. The van der Waals surface area contributed by atoms with Crippen molar-refractivity contribution in [1.82, 2.24) is 10.6 Å². The fourth-order valence-corrected chi connectivity index (χ4v) is 1.87. The zero-order chi connectivity index (χ0) is 16.4. The highest BCUT2D eigenvalue weighted by atomic mass is 32.2. The first-order valence-electron chi connectivity index (χ1n) is 6.05. The van der Waals surface area contributed by atoms with Gasteiger partial charge in [-0.3, -0.25) is 14.4 Å². The number of hydrogen-bond donors (Lipinski definition) is 5. The molecule has 0 aromatic rings. The van der Waals surface area contributed by atoms with Gasteiger partial charge in [-0.15, -0.1) is 0 Å². The molecular formula is C11H19N3O6S. The number of nitrogens with two attached hydrogens (primary N) is 1. The van der Waals surface area contributed by atoms with Gasteiger partial charge in [0.15, 0.2) is 0 Å². The highest BCUT2D eigenvalue weighted by molar-refractivity contribution is 7.98. The van der Waals surface area contributed by atoms with E-state index in [9.17, 15) is 19.2 Å². The summed E-state index contributed by atoms with van der Waals surface area (Å²) in [5, 5.41) is 22.1. The number of aliphatic carboxylic acids is 2. The number of carbonyl (C=O) groups excluding carboxylic acids is 2. The first kappa shape index (κ1) is 19.2. The summed E-state index contributed by atoms with van der Waals surface area (Å²) in [6, 6.07) is -2.51. The quantitative estimate of drug-likeness (QED) is 0.316. The number of amides is 2. The van der Waals surface area contributed by atoms with Crippen molar-refractivity contribution >= 4 is 35.5 Å². The zero-order valence-electron chi connectivity index (χ0n) is 11.5.